The highest BCUT2D eigenvalue weighted by atomic mass is 35.5. The van der Waals surface area contributed by atoms with Crippen molar-refractivity contribution in [1.82, 2.24) is 0 Å². The lowest BCUT2D eigenvalue weighted by molar-refractivity contribution is -0.0699. The number of halogens is 3. The molecule has 0 spiro atoms. The minimum atomic E-state index is -4.22. The molecular formula is C4H7ClF2O3S. The molecule has 0 unspecified atom stereocenters. The maximum Gasteiger partial charge on any atom is 0.268 e. The molecule has 0 radical (unpaired) electrons. The lowest BCUT2D eigenvalue weighted by Gasteiger charge is -2.32. The summed E-state index contributed by atoms with van der Waals surface area (Å²) in [5.74, 6) is -2.89. The van der Waals surface area contributed by atoms with Crippen molar-refractivity contribution in [2.75, 3.05) is 0 Å². The van der Waals surface area contributed by atoms with E-state index in [4.69, 9.17) is 4.55 Å². The van der Waals surface area contributed by atoms with Crippen LogP contribution in [0.2, 0.25) is 0 Å². The van der Waals surface area contributed by atoms with Crippen molar-refractivity contribution in [1.29, 1.82) is 0 Å². The van der Waals surface area contributed by atoms with Crippen molar-refractivity contribution in [3.05, 3.63) is 0 Å². The zero-order chi connectivity index (χ0) is 7.99. The van der Waals surface area contributed by atoms with E-state index in [0.717, 1.165) is 0 Å². The fraction of sp³-hybridized carbons (Fsp3) is 1.00. The molecule has 1 aliphatic carbocycles. The van der Waals surface area contributed by atoms with Crippen LogP contribution in [0.15, 0.2) is 0 Å². The second-order valence-electron chi connectivity index (χ2n) is 2.40. The van der Waals surface area contributed by atoms with Crippen LogP contribution in [0, 0.1) is 0 Å². The SMILES string of the molecule is Cl.O=S(=O)(O)C1CC(F)(F)C1. The Balaban J connectivity index is 0.000001000. The summed E-state index contributed by atoms with van der Waals surface area (Å²) in [6, 6.07) is 0. The summed E-state index contributed by atoms with van der Waals surface area (Å²) in [5.41, 5.74) is 0. The van der Waals surface area contributed by atoms with Gasteiger partial charge in [-0.3, -0.25) is 4.55 Å². The van der Waals surface area contributed by atoms with Crippen LogP contribution in [0.5, 0.6) is 0 Å². The third kappa shape index (κ3) is 2.53. The Morgan fingerprint density at radius 1 is 1.36 bits per heavy atom. The third-order valence-corrected chi connectivity index (χ3v) is 2.65. The van der Waals surface area contributed by atoms with E-state index in [1.54, 1.807) is 0 Å². The lowest BCUT2D eigenvalue weighted by atomic mass is 9.94. The van der Waals surface area contributed by atoms with Crippen molar-refractivity contribution in [2.24, 2.45) is 0 Å². The van der Waals surface area contributed by atoms with Gasteiger partial charge in [0.2, 0.25) is 0 Å². The van der Waals surface area contributed by atoms with Gasteiger partial charge in [0.05, 0.1) is 5.25 Å². The van der Waals surface area contributed by atoms with Gasteiger partial charge in [-0.1, -0.05) is 0 Å². The molecule has 0 aliphatic heterocycles. The van der Waals surface area contributed by atoms with Gasteiger partial charge in [0.25, 0.3) is 16.0 Å². The fourth-order valence-electron chi connectivity index (χ4n) is 0.817. The normalized spacial score (nSPS) is 23.5. The molecule has 0 saturated heterocycles. The molecule has 0 bridgehead atoms. The minimum absolute atomic E-state index is 0. The summed E-state index contributed by atoms with van der Waals surface area (Å²) in [6.07, 6.45) is -1.49. The first-order valence-electron chi connectivity index (χ1n) is 2.65. The van der Waals surface area contributed by atoms with Gasteiger partial charge in [-0.2, -0.15) is 8.42 Å². The highest BCUT2D eigenvalue weighted by molar-refractivity contribution is 7.86. The van der Waals surface area contributed by atoms with Crippen molar-refractivity contribution in [2.45, 2.75) is 24.0 Å². The Bertz CT molecular complexity index is 230. The predicted molar refractivity (Wildman–Crippen MR) is 36.8 cm³/mol. The number of alkyl halides is 2. The Morgan fingerprint density at radius 2 is 1.73 bits per heavy atom. The first kappa shape index (κ1) is 11.1. The Hall–Kier alpha value is 0.0600. The molecule has 0 aromatic rings. The zero-order valence-corrected chi connectivity index (χ0v) is 6.96. The number of rotatable bonds is 1. The smallest absolute Gasteiger partial charge is 0.268 e. The molecule has 3 nitrogen and oxygen atoms in total. The molecular weight excluding hydrogens is 202 g/mol. The van der Waals surface area contributed by atoms with E-state index in [1.807, 2.05) is 0 Å². The van der Waals surface area contributed by atoms with E-state index in [9.17, 15) is 17.2 Å². The summed E-state index contributed by atoms with van der Waals surface area (Å²) in [5, 5.41) is -1.25. The first-order chi connectivity index (χ1) is 4.31. The molecule has 68 valence electrons. The number of hydrogen-bond acceptors (Lipinski definition) is 2. The summed E-state index contributed by atoms with van der Waals surface area (Å²) in [4.78, 5) is 0. The van der Waals surface area contributed by atoms with Gasteiger partial charge in [0, 0.05) is 12.8 Å². The average Bonchev–Trinajstić information content (AvgIpc) is 1.56. The molecule has 0 atom stereocenters. The zero-order valence-electron chi connectivity index (χ0n) is 5.33. The van der Waals surface area contributed by atoms with Crippen molar-refractivity contribution < 1.29 is 21.8 Å². The van der Waals surface area contributed by atoms with Crippen LogP contribution in [-0.4, -0.2) is 24.1 Å². The molecule has 7 heteroatoms. The molecule has 1 rings (SSSR count). The largest absolute Gasteiger partial charge is 0.285 e. The molecule has 0 amide bonds. The monoisotopic (exact) mass is 208 g/mol. The van der Waals surface area contributed by atoms with Gasteiger partial charge in [0.1, 0.15) is 0 Å². The molecule has 1 fully saturated rings. The van der Waals surface area contributed by atoms with E-state index >= 15 is 0 Å². The summed E-state index contributed by atoms with van der Waals surface area (Å²) in [7, 11) is -4.22. The Morgan fingerprint density at radius 3 is 1.82 bits per heavy atom. The van der Waals surface area contributed by atoms with Gasteiger partial charge < -0.3 is 0 Å². The molecule has 0 aromatic heterocycles. The highest BCUT2D eigenvalue weighted by Crippen LogP contribution is 2.40. The molecule has 1 N–H and O–H groups in total. The standard InChI is InChI=1S/C4H6F2O3S.ClH/c5-4(6)1-3(2-4)10(7,8)9;/h3H,1-2H2,(H,7,8,9);1H. The predicted octanol–water partition coefficient (Wildman–Crippen LogP) is 1.09. The maximum absolute atomic E-state index is 11.9. The van der Waals surface area contributed by atoms with Crippen molar-refractivity contribution in [3.63, 3.8) is 0 Å². The second kappa shape index (κ2) is 2.84. The van der Waals surface area contributed by atoms with E-state index < -0.39 is 34.1 Å². The van der Waals surface area contributed by atoms with Crippen LogP contribution in [0.4, 0.5) is 8.78 Å². The summed E-state index contributed by atoms with van der Waals surface area (Å²) < 4.78 is 52.3. The van der Waals surface area contributed by atoms with E-state index in [-0.39, 0.29) is 12.4 Å². The van der Waals surface area contributed by atoms with Gasteiger partial charge >= 0.3 is 0 Å². The quantitative estimate of drug-likeness (QED) is 0.657. The van der Waals surface area contributed by atoms with Crippen LogP contribution in [0.1, 0.15) is 12.8 Å². The molecule has 0 aromatic carbocycles. The average molecular weight is 209 g/mol. The van der Waals surface area contributed by atoms with Crippen LogP contribution in [0.25, 0.3) is 0 Å². The second-order valence-corrected chi connectivity index (χ2v) is 4.10. The van der Waals surface area contributed by atoms with Gasteiger partial charge in [-0.25, -0.2) is 8.78 Å². The molecule has 0 heterocycles. The third-order valence-electron chi connectivity index (χ3n) is 1.47. The number of hydrogen-bond donors (Lipinski definition) is 1. The van der Waals surface area contributed by atoms with E-state index in [1.165, 1.54) is 0 Å². The van der Waals surface area contributed by atoms with Gasteiger partial charge in [0.15, 0.2) is 0 Å². The topological polar surface area (TPSA) is 54.4 Å². The van der Waals surface area contributed by atoms with E-state index in [0.29, 0.717) is 0 Å². The van der Waals surface area contributed by atoms with Gasteiger partial charge in [-0.05, 0) is 0 Å². The first-order valence-corrected chi connectivity index (χ1v) is 4.16. The molecule has 1 saturated carbocycles. The lowest BCUT2D eigenvalue weighted by Crippen LogP contribution is -2.44. The van der Waals surface area contributed by atoms with E-state index in [2.05, 4.69) is 0 Å². The van der Waals surface area contributed by atoms with Crippen molar-refractivity contribution >= 4 is 22.5 Å². The Kier molecular flexibility index (Phi) is 2.85. The van der Waals surface area contributed by atoms with Crippen LogP contribution < -0.4 is 0 Å². The van der Waals surface area contributed by atoms with Crippen LogP contribution in [0.3, 0.4) is 0 Å². The fourth-order valence-corrected chi connectivity index (χ4v) is 1.73. The highest BCUT2D eigenvalue weighted by Gasteiger charge is 2.51. The van der Waals surface area contributed by atoms with Crippen LogP contribution >= 0.6 is 12.4 Å². The Labute approximate surface area is 68.9 Å². The van der Waals surface area contributed by atoms with Gasteiger partial charge in [-0.15, -0.1) is 12.4 Å². The minimum Gasteiger partial charge on any atom is -0.285 e. The maximum atomic E-state index is 11.9. The summed E-state index contributed by atoms with van der Waals surface area (Å²) >= 11 is 0. The van der Waals surface area contributed by atoms with Crippen molar-refractivity contribution in [3.8, 4) is 0 Å². The molecule has 1 aliphatic rings. The van der Waals surface area contributed by atoms with Crippen LogP contribution in [-0.2, 0) is 10.1 Å². The molecule has 11 heavy (non-hydrogen) atoms. The summed E-state index contributed by atoms with van der Waals surface area (Å²) in [6.45, 7) is 0.